The Balaban J connectivity index is 1.75. The lowest BCUT2D eigenvalue weighted by atomic mass is 9.97. The second-order valence-corrected chi connectivity index (χ2v) is 7.34. The predicted octanol–water partition coefficient (Wildman–Crippen LogP) is 1.84. The Morgan fingerprint density at radius 3 is 2.37 bits per heavy atom. The van der Waals surface area contributed by atoms with E-state index in [9.17, 15) is 19.2 Å². The standard InChI is InChI=1S/C25H23N5O5/c1-2-35-20(31)12-13-27-25(34)22-28-15-19(24(33)30-22)23(32)29-21(17-6-4-3-5-7-17)18-10-8-16(14-26)9-11-18/h3-11,15,21H,2,12-13H2,1H3,(H,27,34)(H,29,32)(H,28,30,33). The number of nitrogens with one attached hydrogen (secondary N) is 3. The summed E-state index contributed by atoms with van der Waals surface area (Å²) < 4.78 is 4.78. The van der Waals surface area contributed by atoms with Crippen molar-refractivity contribution >= 4 is 17.8 Å². The minimum atomic E-state index is -0.792. The van der Waals surface area contributed by atoms with Gasteiger partial charge in [-0.05, 0) is 30.2 Å². The molecule has 178 valence electrons. The van der Waals surface area contributed by atoms with Crippen LogP contribution in [-0.2, 0) is 9.53 Å². The summed E-state index contributed by atoms with van der Waals surface area (Å²) in [4.78, 5) is 55.2. The number of nitrogens with zero attached hydrogens (tertiary/aromatic N) is 2. The molecule has 3 rings (SSSR count). The van der Waals surface area contributed by atoms with Gasteiger partial charge in [0.15, 0.2) is 5.82 Å². The smallest absolute Gasteiger partial charge is 0.307 e. The van der Waals surface area contributed by atoms with Crippen LogP contribution < -0.4 is 16.2 Å². The van der Waals surface area contributed by atoms with E-state index in [4.69, 9.17) is 10.00 Å². The van der Waals surface area contributed by atoms with E-state index in [1.165, 1.54) is 0 Å². The van der Waals surface area contributed by atoms with E-state index in [1.54, 1.807) is 31.2 Å². The van der Waals surface area contributed by atoms with Crippen LogP contribution in [0.25, 0.3) is 0 Å². The first-order chi connectivity index (χ1) is 16.9. The van der Waals surface area contributed by atoms with Gasteiger partial charge in [-0.15, -0.1) is 0 Å². The second kappa shape index (κ2) is 11.9. The molecule has 1 atom stereocenters. The molecule has 0 aliphatic heterocycles. The molecule has 2 aromatic carbocycles. The van der Waals surface area contributed by atoms with Crippen LogP contribution in [0.15, 0.2) is 65.6 Å². The van der Waals surface area contributed by atoms with E-state index in [0.717, 1.165) is 11.8 Å². The van der Waals surface area contributed by atoms with Gasteiger partial charge in [-0.2, -0.15) is 5.26 Å². The highest BCUT2D eigenvalue weighted by molar-refractivity contribution is 5.95. The van der Waals surface area contributed by atoms with Crippen molar-refractivity contribution in [3.63, 3.8) is 0 Å². The van der Waals surface area contributed by atoms with Crippen molar-refractivity contribution in [1.29, 1.82) is 5.26 Å². The average Bonchev–Trinajstić information content (AvgIpc) is 2.87. The number of amides is 2. The summed E-state index contributed by atoms with van der Waals surface area (Å²) in [5.41, 5.74) is 0.893. The Labute approximate surface area is 201 Å². The molecule has 10 heteroatoms. The highest BCUT2D eigenvalue weighted by Crippen LogP contribution is 2.22. The maximum Gasteiger partial charge on any atom is 0.307 e. The third kappa shape index (κ3) is 6.61. The molecule has 1 unspecified atom stereocenters. The highest BCUT2D eigenvalue weighted by atomic mass is 16.5. The van der Waals surface area contributed by atoms with Crippen LogP contribution in [-0.4, -0.2) is 40.9 Å². The maximum atomic E-state index is 13.0. The molecule has 3 aromatic rings. The number of aromatic amines is 1. The lowest BCUT2D eigenvalue weighted by molar-refractivity contribution is -0.142. The minimum Gasteiger partial charge on any atom is -0.466 e. The number of H-pyrrole nitrogens is 1. The largest absolute Gasteiger partial charge is 0.466 e. The first-order valence-electron chi connectivity index (χ1n) is 10.8. The highest BCUT2D eigenvalue weighted by Gasteiger charge is 2.21. The fourth-order valence-electron chi connectivity index (χ4n) is 3.23. The van der Waals surface area contributed by atoms with E-state index >= 15 is 0 Å². The summed E-state index contributed by atoms with van der Waals surface area (Å²) in [5.74, 6) is -2.14. The van der Waals surface area contributed by atoms with Crippen LogP contribution in [0.5, 0.6) is 0 Å². The van der Waals surface area contributed by atoms with Crippen LogP contribution in [0, 0.1) is 11.3 Å². The van der Waals surface area contributed by atoms with Crippen molar-refractivity contribution in [3.8, 4) is 6.07 Å². The number of ether oxygens (including phenoxy) is 1. The van der Waals surface area contributed by atoms with Gasteiger partial charge in [-0.3, -0.25) is 19.2 Å². The van der Waals surface area contributed by atoms with Gasteiger partial charge in [0.2, 0.25) is 0 Å². The maximum absolute atomic E-state index is 13.0. The van der Waals surface area contributed by atoms with Crippen molar-refractivity contribution in [2.24, 2.45) is 0 Å². The van der Waals surface area contributed by atoms with E-state index in [1.807, 2.05) is 36.4 Å². The molecule has 1 heterocycles. The van der Waals surface area contributed by atoms with Crippen molar-refractivity contribution in [2.45, 2.75) is 19.4 Å². The summed E-state index contributed by atoms with van der Waals surface area (Å²) in [6, 6.07) is 17.3. The average molecular weight is 473 g/mol. The molecule has 0 spiro atoms. The number of carbonyl (C=O) groups excluding carboxylic acids is 3. The molecule has 0 fully saturated rings. The molecule has 35 heavy (non-hydrogen) atoms. The van der Waals surface area contributed by atoms with Gasteiger partial charge in [0.05, 0.1) is 30.7 Å². The topological polar surface area (TPSA) is 154 Å². The Bertz CT molecular complexity index is 1300. The van der Waals surface area contributed by atoms with Crippen molar-refractivity contribution in [1.82, 2.24) is 20.6 Å². The summed E-state index contributed by atoms with van der Waals surface area (Å²) in [6.07, 6.45) is 0.996. The minimum absolute atomic E-state index is 0.00691. The van der Waals surface area contributed by atoms with E-state index < -0.39 is 29.4 Å². The number of nitriles is 1. The zero-order valence-corrected chi connectivity index (χ0v) is 18.9. The Morgan fingerprint density at radius 2 is 1.74 bits per heavy atom. The molecule has 0 aliphatic rings. The van der Waals surface area contributed by atoms with Gasteiger partial charge >= 0.3 is 5.97 Å². The lowest BCUT2D eigenvalue weighted by Gasteiger charge is -2.20. The molecular formula is C25H23N5O5. The first-order valence-corrected chi connectivity index (χ1v) is 10.8. The molecule has 1 aromatic heterocycles. The van der Waals surface area contributed by atoms with Crippen molar-refractivity contribution in [2.75, 3.05) is 13.2 Å². The number of aromatic nitrogens is 2. The zero-order chi connectivity index (χ0) is 25.2. The van der Waals surface area contributed by atoms with Gasteiger partial charge in [-0.1, -0.05) is 42.5 Å². The van der Waals surface area contributed by atoms with E-state index in [-0.39, 0.29) is 31.0 Å². The number of hydrogen-bond donors (Lipinski definition) is 3. The summed E-state index contributed by atoms with van der Waals surface area (Å²) in [6.45, 7) is 1.92. The zero-order valence-electron chi connectivity index (χ0n) is 18.9. The number of carbonyl (C=O) groups is 3. The molecule has 3 N–H and O–H groups in total. The summed E-state index contributed by atoms with van der Waals surface area (Å²) >= 11 is 0. The monoisotopic (exact) mass is 473 g/mol. The number of esters is 1. The third-order valence-corrected chi connectivity index (χ3v) is 4.96. The molecule has 0 saturated carbocycles. The molecule has 0 saturated heterocycles. The van der Waals surface area contributed by atoms with Crippen LogP contribution in [0.1, 0.15) is 57.1 Å². The molecule has 0 radical (unpaired) electrons. The Kier molecular flexibility index (Phi) is 8.45. The van der Waals surface area contributed by atoms with Gasteiger partial charge in [0, 0.05) is 12.7 Å². The number of rotatable bonds is 9. The van der Waals surface area contributed by atoms with Crippen molar-refractivity contribution in [3.05, 3.63) is 99.2 Å². The SMILES string of the molecule is CCOC(=O)CCNC(=O)c1ncc(C(=O)NC(c2ccccc2)c2ccc(C#N)cc2)c(=O)[nH]1. The van der Waals surface area contributed by atoms with E-state index in [2.05, 4.69) is 20.6 Å². The quantitative estimate of drug-likeness (QED) is 0.401. The Hall–Kier alpha value is -4.78. The fourth-order valence-corrected chi connectivity index (χ4v) is 3.23. The van der Waals surface area contributed by atoms with Crippen LogP contribution >= 0.6 is 0 Å². The van der Waals surface area contributed by atoms with Crippen LogP contribution in [0.3, 0.4) is 0 Å². The third-order valence-electron chi connectivity index (χ3n) is 4.96. The first kappa shape index (κ1) is 24.9. The molecule has 10 nitrogen and oxygen atoms in total. The number of hydrogen-bond acceptors (Lipinski definition) is 7. The fraction of sp³-hybridized carbons (Fsp3) is 0.200. The van der Waals surface area contributed by atoms with Crippen LogP contribution in [0.4, 0.5) is 0 Å². The molecule has 2 amide bonds. The normalized spacial score (nSPS) is 11.1. The summed E-state index contributed by atoms with van der Waals surface area (Å²) in [7, 11) is 0. The van der Waals surface area contributed by atoms with Gasteiger partial charge in [-0.25, -0.2) is 4.98 Å². The van der Waals surface area contributed by atoms with Gasteiger partial charge in [0.1, 0.15) is 5.56 Å². The van der Waals surface area contributed by atoms with E-state index in [0.29, 0.717) is 11.1 Å². The van der Waals surface area contributed by atoms with Gasteiger partial charge in [0.25, 0.3) is 17.4 Å². The second-order valence-electron chi connectivity index (χ2n) is 7.34. The van der Waals surface area contributed by atoms with Crippen molar-refractivity contribution < 1.29 is 19.1 Å². The molecular weight excluding hydrogens is 450 g/mol. The predicted molar refractivity (Wildman–Crippen MR) is 125 cm³/mol. The Morgan fingerprint density at radius 1 is 1.06 bits per heavy atom. The van der Waals surface area contributed by atoms with Crippen LogP contribution in [0.2, 0.25) is 0 Å². The van der Waals surface area contributed by atoms with Gasteiger partial charge < -0.3 is 20.4 Å². The molecule has 0 aliphatic carbocycles. The molecule has 0 bridgehead atoms. The lowest BCUT2D eigenvalue weighted by Crippen LogP contribution is -2.35. The summed E-state index contributed by atoms with van der Waals surface area (Å²) in [5, 5.41) is 14.3. The number of benzene rings is 2.